The fourth-order valence-corrected chi connectivity index (χ4v) is 4.14. The van der Waals surface area contributed by atoms with Crippen molar-refractivity contribution in [2.24, 2.45) is 11.8 Å². The van der Waals surface area contributed by atoms with Gasteiger partial charge in [0, 0.05) is 12.3 Å². The molecule has 0 aromatic carbocycles. The maximum atomic E-state index is 12.7. The second kappa shape index (κ2) is 5.59. The fourth-order valence-electron chi connectivity index (χ4n) is 3.11. The van der Waals surface area contributed by atoms with E-state index in [9.17, 15) is 18.0 Å². The van der Waals surface area contributed by atoms with Crippen molar-refractivity contribution in [1.29, 1.82) is 0 Å². The third-order valence-corrected chi connectivity index (χ3v) is 5.22. The summed E-state index contributed by atoms with van der Waals surface area (Å²) in [5.74, 6) is -0.264. The van der Waals surface area contributed by atoms with Gasteiger partial charge in [-0.05, 0) is 31.6 Å². The highest BCUT2D eigenvalue weighted by Gasteiger charge is 2.49. The van der Waals surface area contributed by atoms with Gasteiger partial charge in [-0.2, -0.15) is 0 Å². The predicted molar refractivity (Wildman–Crippen MR) is 79.3 cm³/mol. The van der Waals surface area contributed by atoms with Gasteiger partial charge in [-0.1, -0.05) is 13.8 Å². The average Bonchev–Trinajstić information content (AvgIpc) is 3.12. The minimum Gasteiger partial charge on any atom is -0.342 e. The first kappa shape index (κ1) is 16.3. The third-order valence-electron chi connectivity index (χ3n) is 4.13. The normalized spacial score (nSPS) is 28.7. The molecule has 3 atom stereocenters. The van der Waals surface area contributed by atoms with Crippen LogP contribution in [-0.2, 0) is 19.4 Å². The van der Waals surface area contributed by atoms with E-state index in [1.54, 1.807) is 6.92 Å². The van der Waals surface area contributed by atoms with E-state index in [1.807, 2.05) is 13.8 Å². The summed E-state index contributed by atoms with van der Waals surface area (Å²) in [5.41, 5.74) is 0. The maximum absolute atomic E-state index is 12.7. The molecule has 1 aliphatic heterocycles. The van der Waals surface area contributed by atoms with E-state index in [-0.39, 0.29) is 29.4 Å². The predicted octanol–water partition coefficient (Wildman–Crippen LogP) is 0.181. The number of carbonyl (C=O) groups is 2. The van der Waals surface area contributed by atoms with Gasteiger partial charge in [0.25, 0.3) is 0 Å². The van der Waals surface area contributed by atoms with Crippen molar-refractivity contribution in [1.82, 2.24) is 10.2 Å². The monoisotopic (exact) mass is 316 g/mol. The number of hydrogen-bond donors (Lipinski definition) is 1. The van der Waals surface area contributed by atoms with Gasteiger partial charge < -0.3 is 10.2 Å². The van der Waals surface area contributed by atoms with E-state index in [0.717, 1.165) is 19.1 Å². The molecule has 1 heterocycles. The SMILES string of the molecule is CC(C)C1C(=O)NC(C2CC2)C(=O)N1C(C)CS(C)(=O)=O. The number of nitrogens with one attached hydrogen (secondary N) is 1. The molecule has 0 radical (unpaired) electrons. The van der Waals surface area contributed by atoms with Gasteiger partial charge in [0.1, 0.15) is 21.9 Å². The highest BCUT2D eigenvalue weighted by atomic mass is 32.2. The van der Waals surface area contributed by atoms with Gasteiger partial charge in [0.2, 0.25) is 11.8 Å². The lowest BCUT2D eigenvalue weighted by molar-refractivity contribution is -0.153. The van der Waals surface area contributed by atoms with Crippen LogP contribution >= 0.6 is 0 Å². The Kier molecular flexibility index (Phi) is 4.33. The zero-order valence-electron chi connectivity index (χ0n) is 13.0. The Bertz CT molecular complexity index is 539. The highest BCUT2D eigenvalue weighted by Crippen LogP contribution is 2.36. The van der Waals surface area contributed by atoms with Crippen LogP contribution in [0.2, 0.25) is 0 Å². The molecule has 1 saturated heterocycles. The van der Waals surface area contributed by atoms with Crippen molar-refractivity contribution in [3.05, 3.63) is 0 Å². The Morgan fingerprint density at radius 3 is 2.24 bits per heavy atom. The van der Waals surface area contributed by atoms with Gasteiger partial charge in [-0.15, -0.1) is 0 Å². The standard InChI is InChI=1S/C14H24N2O4S/c1-8(2)12-13(17)15-11(10-5-6-10)14(18)16(12)9(3)7-21(4,19)20/h8-12H,5-7H2,1-4H3,(H,15,17). The molecule has 7 heteroatoms. The quantitative estimate of drug-likeness (QED) is 0.784. The van der Waals surface area contributed by atoms with Crippen molar-refractivity contribution in [2.75, 3.05) is 12.0 Å². The molecule has 3 unspecified atom stereocenters. The molecule has 1 N–H and O–H groups in total. The molecule has 0 aromatic rings. The minimum absolute atomic E-state index is 0.0592. The van der Waals surface area contributed by atoms with Gasteiger partial charge in [-0.25, -0.2) is 8.42 Å². The summed E-state index contributed by atoms with van der Waals surface area (Å²) < 4.78 is 23.1. The lowest BCUT2D eigenvalue weighted by Gasteiger charge is -2.44. The lowest BCUT2D eigenvalue weighted by atomic mass is 9.94. The second-order valence-electron chi connectivity index (χ2n) is 6.70. The Morgan fingerprint density at radius 2 is 1.81 bits per heavy atom. The molecule has 21 heavy (non-hydrogen) atoms. The maximum Gasteiger partial charge on any atom is 0.246 e. The molecular weight excluding hydrogens is 292 g/mol. The zero-order valence-corrected chi connectivity index (χ0v) is 13.8. The number of sulfone groups is 1. The largest absolute Gasteiger partial charge is 0.342 e. The molecular formula is C14H24N2O4S. The first-order chi connectivity index (χ1) is 9.61. The van der Waals surface area contributed by atoms with Crippen LogP contribution in [0.5, 0.6) is 0 Å². The van der Waals surface area contributed by atoms with Gasteiger partial charge in [0.05, 0.1) is 5.75 Å². The zero-order chi connectivity index (χ0) is 15.9. The average molecular weight is 316 g/mol. The molecule has 0 aromatic heterocycles. The van der Waals surface area contributed by atoms with E-state index in [2.05, 4.69) is 5.32 Å². The van der Waals surface area contributed by atoms with Gasteiger partial charge >= 0.3 is 0 Å². The molecule has 2 rings (SSSR count). The number of rotatable bonds is 5. The third kappa shape index (κ3) is 3.56. The van der Waals surface area contributed by atoms with Crippen molar-refractivity contribution in [3.63, 3.8) is 0 Å². The molecule has 2 aliphatic rings. The molecule has 0 bridgehead atoms. The van der Waals surface area contributed by atoms with E-state index in [4.69, 9.17) is 0 Å². The first-order valence-corrected chi connectivity index (χ1v) is 9.48. The van der Waals surface area contributed by atoms with Gasteiger partial charge in [-0.3, -0.25) is 9.59 Å². The number of amides is 2. The van der Waals surface area contributed by atoms with Crippen LogP contribution in [-0.4, -0.2) is 55.3 Å². The fraction of sp³-hybridized carbons (Fsp3) is 0.857. The molecule has 2 fully saturated rings. The van der Waals surface area contributed by atoms with Crippen LogP contribution in [0.25, 0.3) is 0 Å². The van der Waals surface area contributed by atoms with E-state index in [0.29, 0.717) is 0 Å². The Balaban J connectivity index is 2.29. The van der Waals surface area contributed by atoms with Crippen molar-refractivity contribution in [3.8, 4) is 0 Å². The van der Waals surface area contributed by atoms with Crippen LogP contribution in [0.4, 0.5) is 0 Å². The Morgan fingerprint density at radius 1 is 1.24 bits per heavy atom. The Hall–Kier alpha value is -1.11. The summed E-state index contributed by atoms with van der Waals surface area (Å²) in [4.78, 5) is 26.6. The second-order valence-corrected chi connectivity index (χ2v) is 8.88. The summed E-state index contributed by atoms with van der Waals surface area (Å²) in [6, 6.07) is -1.56. The van der Waals surface area contributed by atoms with Crippen molar-refractivity contribution < 1.29 is 18.0 Å². The minimum atomic E-state index is -3.21. The van der Waals surface area contributed by atoms with E-state index < -0.39 is 28.0 Å². The molecule has 1 aliphatic carbocycles. The van der Waals surface area contributed by atoms with Gasteiger partial charge in [0.15, 0.2) is 0 Å². The van der Waals surface area contributed by atoms with Crippen LogP contribution in [0.1, 0.15) is 33.6 Å². The van der Waals surface area contributed by atoms with E-state index in [1.165, 1.54) is 4.90 Å². The summed E-state index contributed by atoms with van der Waals surface area (Å²) in [6.07, 6.45) is 3.04. The number of hydrogen-bond acceptors (Lipinski definition) is 4. The number of nitrogens with zero attached hydrogens (tertiary/aromatic N) is 1. The highest BCUT2D eigenvalue weighted by molar-refractivity contribution is 7.90. The van der Waals surface area contributed by atoms with Crippen LogP contribution in [0.3, 0.4) is 0 Å². The molecule has 2 amide bonds. The van der Waals surface area contributed by atoms with Crippen LogP contribution < -0.4 is 5.32 Å². The smallest absolute Gasteiger partial charge is 0.246 e. The number of carbonyl (C=O) groups excluding carboxylic acids is 2. The van der Waals surface area contributed by atoms with Crippen molar-refractivity contribution in [2.45, 2.75) is 51.7 Å². The summed E-state index contributed by atoms with van der Waals surface area (Å²) in [6.45, 7) is 5.45. The molecule has 120 valence electrons. The summed E-state index contributed by atoms with van der Waals surface area (Å²) in [7, 11) is -3.21. The lowest BCUT2D eigenvalue weighted by Crippen LogP contribution is -2.68. The molecule has 0 spiro atoms. The van der Waals surface area contributed by atoms with Crippen LogP contribution in [0, 0.1) is 11.8 Å². The molecule has 1 saturated carbocycles. The summed E-state index contributed by atoms with van der Waals surface area (Å²) >= 11 is 0. The topological polar surface area (TPSA) is 83.6 Å². The molecule has 6 nitrogen and oxygen atoms in total. The van der Waals surface area contributed by atoms with Crippen molar-refractivity contribution >= 4 is 21.7 Å². The first-order valence-electron chi connectivity index (χ1n) is 7.42. The summed E-state index contributed by atoms with van der Waals surface area (Å²) in [5, 5.41) is 2.83. The number of piperazine rings is 1. The van der Waals surface area contributed by atoms with E-state index >= 15 is 0 Å². The van der Waals surface area contributed by atoms with Crippen LogP contribution in [0.15, 0.2) is 0 Å². The Labute approximate surface area is 126 Å².